The minimum absolute atomic E-state index is 0.00292. The number of nitrogens with zero attached hydrogens (tertiary/aromatic N) is 1. The molecule has 0 radical (unpaired) electrons. The van der Waals surface area contributed by atoms with Crippen LogP contribution in [0.3, 0.4) is 0 Å². The first-order valence-corrected chi connectivity index (χ1v) is 6.31. The Hall–Kier alpha value is -1.06. The maximum atomic E-state index is 11.8. The van der Waals surface area contributed by atoms with Crippen molar-refractivity contribution >= 4 is 11.9 Å². The Bertz CT molecular complexity index is 434. The lowest BCUT2D eigenvalue weighted by molar-refractivity contribution is -0.163. The van der Waals surface area contributed by atoms with E-state index in [-0.39, 0.29) is 16.7 Å². The van der Waals surface area contributed by atoms with Crippen LogP contribution in [0.15, 0.2) is 0 Å². The number of rotatable bonds is 1. The van der Waals surface area contributed by atoms with Crippen molar-refractivity contribution in [1.82, 2.24) is 4.90 Å². The average molecular weight is 237 g/mol. The van der Waals surface area contributed by atoms with Crippen LogP contribution >= 0.6 is 0 Å². The lowest BCUT2D eigenvalue weighted by Crippen LogP contribution is -2.60. The molecule has 0 unspecified atom stereocenters. The highest BCUT2D eigenvalue weighted by molar-refractivity contribution is 5.89. The molecule has 3 fully saturated rings. The fraction of sp³-hybridized carbons (Fsp3) is 0.846. The van der Waals surface area contributed by atoms with E-state index in [4.69, 9.17) is 0 Å². The van der Waals surface area contributed by atoms with E-state index in [2.05, 4.69) is 13.8 Å². The monoisotopic (exact) mass is 237 g/mol. The molecule has 0 spiro atoms. The van der Waals surface area contributed by atoms with Crippen LogP contribution in [0.4, 0.5) is 0 Å². The minimum atomic E-state index is -0.934. The molecule has 1 amide bonds. The van der Waals surface area contributed by atoms with E-state index in [0.717, 1.165) is 12.8 Å². The van der Waals surface area contributed by atoms with E-state index in [0.29, 0.717) is 18.9 Å². The fourth-order valence-electron chi connectivity index (χ4n) is 5.10. The van der Waals surface area contributed by atoms with Gasteiger partial charge in [-0.2, -0.15) is 0 Å². The lowest BCUT2D eigenvalue weighted by Gasteiger charge is -2.44. The van der Waals surface area contributed by atoms with Gasteiger partial charge in [0.25, 0.3) is 0 Å². The highest BCUT2D eigenvalue weighted by Gasteiger charge is 2.80. The number of amides is 1. The maximum absolute atomic E-state index is 11.8. The molecule has 4 bridgehead atoms. The molecule has 1 heterocycles. The van der Waals surface area contributed by atoms with E-state index < -0.39 is 11.5 Å². The van der Waals surface area contributed by atoms with Gasteiger partial charge in [-0.15, -0.1) is 0 Å². The first-order valence-electron chi connectivity index (χ1n) is 6.31. The Morgan fingerprint density at radius 2 is 2.00 bits per heavy atom. The Balaban J connectivity index is 2.21. The summed E-state index contributed by atoms with van der Waals surface area (Å²) in [4.78, 5) is 25.2. The normalized spacial score (nSPS) is 51.0. The van der Waals surface area contributed by atoms with Gasteiger partial charge in [0.2, 0.25) is 5.91 Å². The quantitative estimate of drug-likeness (QED) is 0.752. The van der Waals surface area contributed by atoms with Crippen LogP contribution in [0.2, 0.25) is 0 Å². The van der Waals surface area contributed by atoms with Crippen molar-refractivity contribution < 1.29 is 14.7 Å². The number of hydrogen-bond donors (Lipinski definition) is 1. The van der Waals surface area contributed by atoms with Crippen LogP contribution in [-0.4, -0.2) is 34.0 Å². The summed E-state index contributed by atoms with van der Waals surface area (Å²) in [5, 5.41) is 9.72. The van der Waals surface area contributed by atoms with E-state index in [9.17, 15) is 14.7 Å². The van der Waals surface area contributed by atoms with Crippen molar-refractivity contribution in [1.29, 1.82) is 0 Å². The summed E-state index contributed by atoms with van der Waals surface area (Å²) in [6.07, 6.45) is 2.70. The second kappa shape index (κ2) is 2.68. The summed E-state index contributed by atoms with van der Waals surface area (Å²) in [6.45, 7) is 6.37. The summed E-state index contributed by atoms with van der Waals surface area (Å²) in [6, 6.07) is 0. The highest BCUT2D eigenvalue weighted by Crippen LogP contribution is 2.75. The van der Waals surface area contributed by atoms with Crippen molar-refractivity contribution in [3.05, 3.63) is 0 Å². The number of carboxylic acids is 1. The van der Waals surface area contributed by atoms with Crippen LogP contribution in [0.5, 0.6) is 0 Å². The number of carboxylic acid groups (broad SMARTS) is 1. The van der Waals surface area contributed by atoms with Gasteiger partial charge in [0, 0.05) is 18.9 Å². The molecule has 1 aliphatic heterocycles. The Morgan fingerprint density at radius 3 is 2.47 bits per heavy atom. The topological polar surface area (TPSA) is 57.6 Å². The van der Waals surface area contributed by atoms with Crippen LogP contribution < -0.4 is 0 Å². The van der Waals surface area contributed by atoms with Crippen molar-refractivity contribution in [2.24, 2.45) is 16.7 Å². The molecule has 17 heavy (non-hydrogen) atoms. The largest absolute Gasteiger partial charge is 0.479 e. The summed E-state index contributed by atoms with van der Waals surface area (Å²) in [7, 11) is 0. The predicted octanol–water partition coefficient (Wildman–Crippen LogP) is 1.50. The molecule has 4 heteroatoms. The summed E-state index contributed by atoms with van der Waals surface area (Å²) >= 11 is 0. The molecule has 0 aromatic carbocycles. The molecule has 4 nitrogen and oxygen atoms in total. The van der Waals surface area contributed by atoms with Crippen LogP contribution in [0.25, 0.3) is 0 Å². The fourth-order valence-corrected chi connectivity index (χ4v) is 5.10. The number of aliphatic carboxylic acids is 1. The number of carbonyl (C=O) groups excluding carboxylic acids is 1. The van der Waals surface area contributed by atoms with Gasteiger partial charge in [-0.25, -0.2) is 4.79 Å². The van der Waals surface area contributed by atoms with Crippen molar-refractivity contribution in [3.63, 3.8) is 0 Å². The van der Waals surface area contributed by atoms with Gasteiger partial charge in [0.05, 0.1) is 0 Å². The van der Waals surface area contributed by atoms with Crippen LogP contribution in [0, 0.1) is 16.7 Å². The highest BCUT2D eigenvalue weighted by atomic mass is 16.4. The first-order chi connectivity index (χ1) is 7.79. The Labute approximate surface area is 101 Å². The minimum Gasteiger partial charge on any atom is -0.479 e. The maximum Gasteiger partial charge on any atom is 0.330 e. The molecular weight excluding hydrogens is 218 g/mol. The SMILES string of the molecule is CC(=O)N1C[C@@]2(C)[C@H]3CC[C@@]2(C)[C@@]1(C(=O)O)C3. The summed E-state index contributed by atoms with van der Waals surface area (Å²) < 4.78 is 0. The van der Waals surface area contributed by atoms with Gasteiger partial charge in [-0.3, -0.25) is 4.79 Å². The van der Waals surface area contributed by atoms with Crippen molar-refractivity contribution in [2.75, 3.05) is 6.54 Å². The zero-order chi connectivity index (χ0) is 12.6. The Kier molecular flexibility index (Phi) is 1.74. The smallest absolute Gasteiger partial charge is 0.330 e. The number of likely N-dealkylation sites (tertiary alicyclic amines) is 1. The molecule has 1 N–H and O–H groups in total. The molecule has 0 aromatic heterocycles. The van der Waals surface area contributed by atoms with Gasteiger partial charge in [0.15, 0.2) is 0 Å². The second-order valence-electron chi connectivity index (χ2n) is 6.46. The zero-order valence-electron chi connectivity index (χ0n) is 10.6. The molecule has 4 atom stereocenters. The Morgan fingerprint density at radius 1 is 1.35 bits per heavy atom. The van der Waals surface area contributed by atoms with E-state index in [1.807, 2.05) is 0 Å². The molecule has 3 rings (SSSR count). The standard InChI is InChI=1S/C13H19NO3/c1-8(15)14-7-11(2)9-4-5-12(11,3)13(14,6-9)10(16)17/h9H,4-7H2,1-3H3,(H,16,17)/t9-,11-,12+,13-/m0/s1. The average Bonchev–Trinajstić information content (AvgIpc) is 2.68. The van der Waals surface area contributed by atoms with Gasteiger partial charge < -0.3 is 10.0 Å². The summed E-state index contributed by atoms with van der Waals surface area (Å²) in [5.41, 5.74) is -1.18. The van der Waals surface area contributed by atoms with Crippen LogP contribution in [-0.2, 0) is 9.59 Å². The molecule has 94 valence electrons. The summed E-state index contributed by atoms with van der Waals surface area (Å²) in [5.74, 6) is -0.428. The molecule has 3 aliphatic rings. The van der Waals surface area contributed by atoms with Crippen LogP contribution in [0.1, 0.15) is 40.0 Å². The molecule has 1 saturated heterocycles. The van der Waals surface area contributed by atoms with Gasteiger partial charge in [0.1, 0.15) is 5.54 Å². The van der Waals surface area contributed by atoms with Gasteiger partial charge in [-0.05, 0) is 30.6 Å². The lowest BCUT2D eigenvalue weighted by atomic mass is 9.65. The number of hydrogen-bond acceptors (Lipinski definition) is 2. The number of carbonyl (C=O) groups is 2. The van der Waals surface area contributed by atoms with Gasteiger partial charge >= 0.3 is 5.97 Å². The molecule has 2 aliphatic carbocycles. The second-order valence-corrected chi connectivity index (χ2v) is 6.46. The molecular formula is C13H19NO3. The third-order valence-electron chi connectivity index (χ3n) is 6.29. The first kappa shape index (κ1) is 11.1. The zero-order valence-corrected chi connectivity index (χ0v) is 10.6. The third kappa shape index (κ3) is 0.829. The van der Waals surface area contributed by atoms with E-state index in [1.54, 1.807) is 4.90 Å². The predicted molar refractivity (Wildman–Crippen MR) is 61.3 cm³/mol. The van der Waals surface area contributed by atoms with Crippen molar-refractivity contribution in [3.8, 4) is 0 Å². The van der Waals surface area contributed by atoms with Crippen molar-refractivity contribution in [2.45, 2.75) is 45.6 Å². The molecule has 0 aromatic rings. The van der Waals surface area contributed by atoms with Gasteiger partial charge in [-0.1, -0.05) is 13.8 Å². The molecule has 2 saturated carbocycles. The number of piperidine rings is 1. The third-order valence-corrected chi connectivity index (χ3v) is 6.29. The van der Waals surface area contributed by atoms with E-state index >= 15 is 0 Å². The van der Waals surface area contributed by atoms with E-state index in [1.165, 1.54) is 6.92 Å².